The smallest absolute Gasteiger partial charge is 0.407 e. The summed E-state index contributed by atoms with van der Waals surface area (Å²) in [5.41, 5.74) is 2.63. The first-order valence-electron chi connectivity index (χ1n) is 13.3. The Morgan fingerprint density at radius 3 is 2.33 bits per heavy atom. The van der Waals surface area contributed by atoms with Gasteiger partial charge in [-0.15, -0.1) is 0 Å². The second-order valence-electron chi connectivity index (χ2n) is 10.9. The molecule has 5 rings (SSSR count). The lowest BCUT2D eigenvalue weighted by molar-refractivity contribution is 0.0528. The second-order valence-corrected chi connectivity index (χ2v) is 13.6. The average molecular weight is 626 g/mol. The van der Waals surface area contributed by atoms with Crippen LogP contribution in [0.25, 0.3) is 21.8 Å². The first-order valence-corrected chi connectivity index (χ1v) is 15.5. The third kappa shape index (κ3) is 6.33. The van der Waals surface area contributed by atoms with Crippen molar-refractivity contribution >= 4 is 72.6 Å². The van der Waals surface area contributed by atoms with Crippen LogP contribution < -0.4 is 10.6 Å². The second kappa shape index (κ2) is 11.5. The van der Waals surface area contributed by atoms with Crippen LogP contribution in [0.5, 0.6) is 0 Å². The number of benzene rings is 3. The van der Waals surface area contributed by atoms with Crippen LogP contribution in [0, 0.1) is 6.92 Å². The van der Waals surface area contributed by atoms with Crippen molar-refractivity contribution in [2.75, 3.05) is 11.9 Å². The van der Waals surface area contributed by atoms with E-state index in [1.54, 1.807) is 75.4 Å². The third-order valence-electron chi connectivity index (χ3n) is 6.48. The predicted molar refractivity (Wildman–Crippen MR) is 169 cm³/mol. The largest absolute Gasteiger partial charge is 0.444 e. The maximum Gasteiger partial charge on any atom is 0.407 e. The molecule has 3 aromatic carbocycles. The van der Waals surface area contributed by atoms with Gasteiger partial charge in [-0.05, 0) is 94.3 Å². The summed E-state index contributed by atoms with van der Waals surface area (Å²) in [6.07, 6.45) is 1.29. The molecule has 8 nitrogen and oxygen atoms in total. The van der Waals surface area contributed by atoms with Gasteiger partial charge in [0.15, 0.2) is 0 Å². The molecule has 0 aliphatic rings. The zero-order valence-corrected chi connectivity index (χ0v) is 25.9. The minimum atomic E-state index is -4.03. The normalized spacial score (nSPS) is 12.0. The molecule has 2 aromatic heterocycles. The Kier molecular flexibility index (Phi) is 8.11. The molecule has 11 heteroatoms. The van der Waals surface area contributed by atoms with Gasteiger partial charge in [-0.3, -0.25) is 0 Å². The first-order chi connectivity index (χ1) is 19.8. The molecule has 0 aliphatic carbocycles. The van der Waals surface area contributed by atoms with Crippen LogP contribution in [-0.4, -0.2) is 35.6 Å². The maximum absolute atomic E-state index is 14.2. The van der Waals surface area contributed by atoms with E-state index in [9.17, 15) is 13.2 Å². The summed E-state index contributed by atoms with van der Waals surface area (Å²) in [7, 11) is -4.03. The number of pyridine rings is 1. The quantitative estimate of drug-likeness (QED) is 0.191. The number of hydrogen-bond donors (Lipinski definition) is 2. The van der Waals surface area contributed by atoms with Crippen molar-refractivity contribution in [2.45, 2.75) is 44.6 Å². The fourth-order valence-corrected chi connectivity index (χ4v) is 6.55. The fourth-order valence-electron chi connectivity index (χ4n) is 4.70. The number of anilines is 2. The number of ether oxygens (including phenoxy) is 1. The van der Waals surface area contributed by atoms with Crippen molar-refractivity contribution in [1.82, 2.24) is 14.3 Å². The molecule has 0 fully saturated rings. The van der Waals surface area contributed by atoms with Crippen molar-refractivity contribution in [2.24, 2.45) is 0 Å². The molecule has 0 spiro atoms. The summed E-state index contributed by atoms with van der Waals surface area (Å²) >= 11 is 12.4. The van der Waals surface area contributed by atoms with E-state index in [1.165, 1.54) is 10.2 Å². The van der Waals surface area contributed by atoms with E-state index in [0.29, 0.717) is 55.3 Å². The lowest BCUT2D eigenvalue weighted by Gasteiger charge is -2.20. The van der Waals surface area contributed by atoms with Crippen LogP contribution in [0.3, 0.4) is 0 Å². The van der Waals surface area contributed by atoms with Crippen molar-refractivity contribution < 1.29 is 17.9 Å². The molecule has 0 saturated carbocycles. The van der Waals surface area contributed by atoms with Gasteiger partial charge in [0.1, 0.15) is 11.4 Å². The lowest BCUT2D eigenvalue weighted by atomic mass is 10.0. The van der Waals surface area contributed by atoms with Gasteiger partial charge in [-0.2, -0.15) is 0 Å². The van der Waals surface area contributed by atoms with E-state index >= 15 is 0 Å². The zero-order valence-electron chi connectivity index (χ0n) is 23.5. The van der Waals surface area contributed by atoms with Gasteiger partial charge in [-0.25, -0.2) is 22.2 Å². The summed E-state index contributed by atoms with van der Waals surface area (Å²) in [5.74, 6) is 0.561. The molecule has 0 saturated heterocycles. The molecule has 218 valence electrons. The molecule has 0 radical (unpaired) electrons. The number of hydrogen-bond acceptors (Lipinski definition) is 6. The minimum absolute atomic E-state index is 0.159. The molecule has 0 aliphatic heterocycles. The Bertz CT molecular complexity index is 1900. The predicted octanol–water partition coefficient (Wildman–Crippen LogP) is 7.85. The number of nitrogens with one attached hydrogen (secondary N) is 2. The molecular weight excluding hydrogens is 595 g/mol. The summed E-state index contributed by atoms with van der Waals surface area (Å²) in [4.78, 5) is 16.9. The van der Waals surface area contributed by atoms with Crippen LogP contribution in [0.15, 0.2) is 77.8 Å². The molecule has 5 aromatic rings. The highest BCUT2D eigenvalue weighted by Crippen LogP contribution is 2.38. The highest BCUT2D eigenvalue weighted by molar-refractivity contribution is 7.90. The Morgan fingerprint density at radius 1 is 0.952 bits per heavy atom. The van der Waals surface area contributed by atoms with Crippen molar-refractivity contribution in [3.8, 4) is 0 Å². The molecule has 1 amide bonds. The number of carbonyl (C=O) groups excluding carboxylic acids is 1. The third-order valence-corrected chi connectivity index (χ3v) is 8.67. The van der Waals surface area contributed by atoms with Crippen LogP contribution in [0.1, 0.15) is 31.9 Å². The van der Waals surface area contributed by atoms with Gasteiger partial charge in [0.2, 0.25) is 0 Å². The number of halogens is 2. The van der Waals surface area contributed by atoms with E-state index < -0.39 is 21.7 Å². The standard InChI is InChI=1S/C31H30Cl2N4O4S/c1-19-5-9-24(10-6-19)42(39,40)37-27-11-7-21(32)16-25(27)26-17-23(36-28-12-8-22(33)18-35-28)15-20(29(26)37)13-14-34-30(38)41-31(2,3)4/h5-12,15-18H,13-14H2,1-4H3,(H,34,38)(H,35,36). The zero-order chi connectivity index (χ0) is 30.2. The average Bonchev–Trinajstić information content (AvgIpc) is 3.24. The van der Waals surface area contributed by atoms with E-state index in [1.807, 2.05) is 19.1 Å². The number of rotatable bonds is 7. The number of alkyl carbamates (subject to hydrolysis) is 1. The maximum atomic E-state index is 14.2. The minimum Gasteiger partial charge on any atom is -0.444 e. The van der Waals surface area contributed by atoms with Crippen molar-refractivity contribution in [3.05, 3.63) is 94.1 Å². The SMILES string of the molecule is Cc1ccc(S(=O)(=O)n2c3ccc(Cl)cc3c3cc(Nc4ccc(Cl)cn4)cc(CCNC(=O)OC(C)(C)C)c32)cc1. The lowest BCUT2D eigenvalue weighted by Crippen LogP contribution is -2.33. The van der Waals surface area contributed by atoms with Crippen LogP contribution >= 0.6 is 23.2 Å². The van der Waals surface area contributed by atoms with E-state index in [2.05, 4.69) is 15.6 Å². The van der Waals surface area contributed by atoms with Crippen LogP contribution in [0.4, 0.5) is 16.3 Å². The number of nitrogens with zero attached hydrogens (tertiary/aromatic N) is 2. The topological polar surface area (TPSA) is 102 Å². The molecule has 2 heterocycles. The van der Waals surface area contributed by atoms with Crippen LogP contribution in [-0.2, 0) is 21.2 Å². The molecular formula is C31H30Cl2N4O4S. The fraction of sp³-hybridized carbons (Fsp3) is 0.226. The highest BCUT2D eigenvalue weighted by atomic mass is 35.5. The number of carbonyl (C=O) groups is 1. The molecule has 2 N–H and O–H groups in total. The number of aryl methyl sites for hydroxylation is 1. The van der Waals surface area contributed by atoms with E-state index in [4.69, 9.17) is 27.9 Å². The van der Waals surface area contributed by atoms with Crippen molar-refractivity contribution in [1.29, 1.82) is 0 Å². The first kappa shape index (κ1) is 29.7. The molecule has 0 atom stereocenters. The Balaban J connectivity index is 1.70. The Labute approximate surface area is 254 Å². The number of fused-ring (bicyclic) bond motifs is 3. The van der Waals surface area contributed by atoms with Crippen LogP contribution in [0.2, 0.25) is 10.0 Å². The molecule has 42 heavy (non-hydrogen) atoms. The molecule has 0 unspecified atom stereocenters. The summed E-state index contributed by atoms with van der Waals surface area (Å²) < 4.78 is 35.2. The number of amides is 1. The van der Waals surface area contributed by atoms with Gasteiger partial charge in [0, 0.05) is 34.2 Å². The summed E-state index contributed by atoms with van der Waals surface area (Å²) in [5, 5.41) is 8.38. The highest BCUT2D eigenvalue weighted by Gasteiger charge is 2.26. The molecule has 0 bridgehead atoms. The van der Waals surface area contributed by atoms with Crippen molar-refractivity contribution in [3.63, 3.8) is 0 Å². The van der Waals surface area contributed by atoms with Gasteiger partial charge < -0.3 is 15.4 Å². The summed E-state index contributed by atoms with van der Waals surface area (Å²) in [6, 6.07) is 19.1. The van der Waals surface area contributed by atoms with Gasteiger partial charge in [0.05, 0.1) is 21.0 Å². The van der Waals surface area contributed by atoms with Gasteiger partial charge in [0.25, 0.3) is 10.0 Å². The monoisotopic (exact) mass is 624 g/mol. The summed E-state index contributed by atoms with van der Waals surface area (Å²) in [6.45, 7) is 7.47. The van der Waals surface area contributed by atoms with Gasteiger partial charge in [-0.1, -0.05) is 40.9 Å². The Hall–Kier alpha value is -3.79. The Morgan fingerprint density at radius 2 is 1.67 bits per heavy atom. The van der Waals surface area contributed by atoms with E-state index in [0.717, 1.165) is 5.56 Å². The number of aromatic nitrogens is 2. The van der Waals surface area contributed by atoms with Gasteiger partial charge >= 0.3 is 6.09 Å². The van der Waals surface area contributed by atoms with E-state index in [-0.39, 0.29) is 11.4 Å².